The van der Waals surface area contributed by atoms with Crippen molar-refractivity contribution in [3.8, 4) is 0 Å². The number of hydrogen-bond donors (Lipinski definition) is 1. The molecule has 0 saturated heterocycles. The molecule has 1 aromatic rings. The first kappa shape index (κ1) is 9.37. The Kier molecular flexibility index (Phi) is 2.61. The van der Waals surface area contributed by atoms with E-state index >= 15 is 0 Å². The molecular weight excluding hydrogens is 151 g/mol. The van der Waals surface area contributed by atoms with Gasteiger partial charge in [0.1, 0.15) is 5.82 Å². The summed E-state index contributed by atoms with van der Waals surface area (Å²) in [6.07, 6.45) is 3.60. The van der Waals surface area contributed by atoms with E-state index < -0.39 is 5.97 Å². The maximum Gasteiger partial charge on any atom is 1.00 e. The molecular formula is C7H9LiN2O2. The number of aryl methyl sites for hydroxylation is 2. The number of hydrogen-bond acceptors (Lipinski definition) is 2. The zero-order valence-electron chi connectivity index (χ0n) is 7.95. The third-order valence-corrected chi connectivity index (χ3v) is 1.88. The van der Waals surface area contributed by atoms with Crippen LogP contribution in [0.15, 0.2) is 6.20 Å². The fourth-order valence-corrected chi connectivity index (χ4v) is 1.36. The normalized spacial score (nSPS) is 13.7. The molecule has 1 aromatic heterocycles. The molecule has 0 atom stereocenters. The van der Waals surface area contributed by atoms with Crippen molar-refractivity contribution in [2.75, 3.05) is 0 Å². The van der Waals surface area contributed by atoms with E-state index in [-0.39, 0.29) is 26.0 Å². The summed E-state index contributed by atoms with van der Waals surface area (Å²) < 4.78 is 1.91. The van der Waals surface area contributed by atoms with Crippen LogP contribution in [0.1, 0.15) is 24.2 Å². The SMILES string of the molecule is O=C(O)c1cn2c(n1)CCC2.[H-].[Li+]. The molecule has 5 heteroatoms. The predicted octanol–water partition coefficient (Wildman–Crippen LogP) is -2.36. The maximum atomic E-state index is 10.4. The van der Waals surface area contributed by atoms with Crippen LogP contribution in [-0.2, 0) is 13.0 Å². The Morgan fingerprint density at radius 2 is 2.50 bits per heavy atom. The van der Waals surface area contributed by atoms with Gasteiger partial charge in [0.25, 0.3) is 0 Å². The predicted molar refractivity (Wildman–Crippen MR) is 38.6 cm³/mol. The van der Waals surface area contributed by atoms with Gasteiger partial charge < -0.3 is 11.1 Å². The molecule has 2 rings (SSSR count). The smallest absolute Gasteiger partial charge is 1.00 e. The van der Waals surface area contributed by atoms with Gasteiger partial charge in [0.15, 0.2) is 5.69 Å². The van der Waals surface area contributed by atoms with Gasteiger partial charge in [0, 0.05) is 19.2 Å². The van der Waals surface area contributed by atoms with Gasteiger partial charge in [0.05, 0.1) is 0 Å². The number of carbonyl (C=O) groups is 1. The summed E-state index contributed by atoms with van der Waals surface area (Å²) in [7, 11) is 0. The quantitative estimate of drug-likeness (QED) is 0.468. The summed E-state index contributed by atoms with van der Waals surface area (Å²) in [5.74, 6) is -0.0331. The summed E-state index contributed by atoms with van der Waals surface area (Å²) in [6.45, 7) is 0.912. The van der Waals surface area contributed by atoms with Gasteiger partial charge in [-0.05, 0) is 6.42 Å². The second-order valence-corrected chi connectivity index (χ2v) is 2.64. The Labute approximate surface area is 83.3 Å². The molecule has 0 amide bonds. The maximum absolute atomic E-state index is 10.4. The molecule has 0 spiro atoms. The second kappa shape index (κ2) is 3.34. The van der Waals surface area contributed by atoms with Crippen LogP contribution in [0.5, 0.6) is 0 Å². The summed E-state index contributed by atoms with van der Waals surface area (Å²) in [6, 6.07) is 0. The van der Waals surface area contributed by atoms with Gasteiger partial charge in [-0.3, -0.25) is 0 Å². The molecule has 60 valence electrons. The Hall–Kier alpha value is -0.723. The summed E-state index contributed by atoms with van der Waals surface area (Å²) in [5, 5.41) is 8.57. The molecule has 0 fully saturated rings. The third-order valence-electron chi connectivity index (χ3n) is 1.88. The Morgan fingerprint density at radius 1 is 1.75 bits per heavy atom. The van der Waals surface area contributed by atoms with Crippen molar-refractivity contribution >= 4 is 5.97 Å². The number of carboxylic acid groups (broad SMARTS) is 1. The van der Waals surface area contributed by atoms with Crippen LogP contribution in [0.4, 0.5) is 0 Å². The van der Waals surface area contributed by atoms with Gasteiger partial charge in [-0.25, -0.2) is 9.78 Å². The van der Waals surface area contributed by atoms with Crippen LogP contribution in [0.25, 0.3) is 0 Å². The molecule has 1 aliphatic rings. The van der Waals surface area contributed by atoms with E-state index in [0.717, 1.165) is 25.2 Å². The van der Waals surface area contributed by atoms with Crippen LogP contribution < -0.4 is 18.9 Å². The van der Waals surface area contributed by atoms with Crippen LogP contribution >= 0.6 is 0 Å². The minimum atomic E-state index is -0.938. The van der Waals surface area contributed by atoms with Crippen LogP contribution in [0.3, 0.4) is 0 Å². The monoisotopic (exact) mass is 160 g/mol. The first-order valence-corrected chi connectivity index (χ1v) is 3.57. The topological polar surface area (TPSA) is 55.1 Å². The van der Waals surface area contributed by atoms with E-state index in [9.17, 15) is 4.79 Å². The average molecular weight is 160 g/mol. The van der Waals surface area contributed by atoms with Gasteiger partial charge in [-0.2, -0.15) is 0 Å². The van der Waals surface area contributed by atoms with Crippen molar-refractivity contribution in [3.05, 3.63) is 17.7 Å². The zero-order chi connectivity index (χ0) is 7.84. The third kappa shape index (κ3) is 1.40. The second-order valence-electron chi connectivity index (χ2n) is 2.64. The van der Waals surface area contributed by atoms with Crippen LogP contribution in [-0.4, -0.2) is 20.6 Å². The zero-order valence-corrected chi connectivity index (χ0v) is 6.95. The van der Waals surface area contributed by atoms with Crippen molar-refractivity contribution < 1.29 is 30.2 Å². The summed E-state index contributed by atoms with van der Waals surface area (Å²) in [5.41, 5.74) is 0.166. The molecule has 4 nitrogen and oxygen atoms in total. The number of aromatic carboxylic acids is 1. The fraction of sp³-hybridized carbons (Fsp3) is 0.429. The fourth-order valence-electron chi connectivity index (χ4n) is 1.36. The standard InChI is InChI=1S/C7H8N2O2.Li.H/c10-7(11)5-4-9-3-1-2-6(9)8-5;;/h4H,1-3H2,(H,10,11);;/q;+1;-1. The minimum absolute atomic E-state index is 0. The van der Waals surface area contributed by atoms with Crippen molar-refractivity contribution in [3.63, 3.8) is 0 Å². The number of imidazole rings is 1. The van der Waals surface area contributed by atoms with Crippen molar-refractivity contribution in [2.24, 2.45) is 0 Å². The number of rotatable bonds is 1. The summed E-state index contributed by atoms with van der Waals surface area (Å²) >= 11 is 0. The first-order chi connectivity index (χ1) is 5.27. The van der Waals surface area contributed by atoms with Gasteiger partial charge in [-0.15, -0.1) is 0 Å². The van der Waals surface area contributed by atoms with E-state index in [1.54, 1.807) is 6.20 Å². The minimum Gasteiger partial charge on any atom is -1.00 e. The molecule has 12 heavy (non-hydrogen) atoms. The first-order valence-electron chi connectivity index (χ1n) is 3.57. The Morgan fingerprint density at radius 3 is 3.08 bits per heavy atom. The molecule has 1 aliphatic heterocycles. The number of nitrogens with zero attached hydrogens (tertiary/aromatic N) is 2. The average Bonchev–Trinajstić information content (AvgIpc) is 2.40. The van der Waals surface area contributed by atoms with Crippen molar-refractivity contribution in [1.82, 2.24) is 9.55 Å². The molecule has 0 radical (unpaired) electrons. The molecule has 1 N–H and O–H groups in total. The Bertz CT molecular complexity index is 292. The van der Waals surface area contributed by atoms with Gasteiger partial charge in [0.2, 0.25) is 0 Å². The van der Waals surface area contributed by atoms with E-state index in [1.165, 1.54) is 0 Å². The molecule has 0 bridgehead atoms. The summed E-state index contributed by atoms with van der Waals surface area (Å²) in [4.78, 5) is 14.4. The molecule has 0 unspecified atom stereocenters. The largest absolute Gasteiger partial charge is 1.00 e. The van der Waals surface area contributed by atoms with E-state index in [0.29, 0.717) is 0 Å². The number of fused-ring (bicyclic) bond motifs is 1. The van der Waals surface area contributed by atoms with E-state index in [4.69, 9.17) is 5.11 Å². The molecule has 2 heterocycles. The van der Waals surface area contributed by atoms with Crippen LogP contribution in [0.2, 0.25) is 0 Å². The van der Waals surface area contributed by atoms with E-state index in [1.807, 2.05) is 4.57 Å². The molecule has 0 aliphatic carbocycles. The molecule has 0 saturated carbocycles. The number of aromatic nitrogens is 2. The Balaban J connectivity index is 0.000000720. The number of carboxylic acids is 1. The van der Waals surface area contributed by atoms with Gasteiger partial charge in [-0.1, -0.05) is 0 Å². The van der Waals surface area contributed by atoms with Crippen LogP contribution in [0, 0.1) is 0 Å². The van der Waals surface area contributed by atoms with Crippen molar-refractivity contribution in [1.29, 1.82) is 0 Å². The van der Waals surface area contributed by atoms with E-state index in [2.05, 4.69) is 4.98 Å². The van der Waals surface area contributed by atoms with Gasteiger partial charge >= 0.3 is 24.8 Å². The molecule has 0 aromatic carbocycles. The van der Waals surface area contributed by atoms with Crippen molar-refractivity contribution in [2.45, 2.75) is 19.4 Å².